The van der Waals surface area contributed by atoms with Crippen LogP contribution in [0.3, 0.4) is 0 Å². The summed E-state index contributed by atoms with van der Waals surface area (Å²) in [4.78, 5) is 26.3. The number of fused-ring (bicyclic) bond motifs is 3. The highest BCUT2D eigenvalue weighted by Crippen LogP contribution is 2.47. The summed E-state index contributed by atoms with van der Waals surface area (Å²) in [6.45, 7) is 2.62. The first-order valence-corrected chi connectivity index (χ1v) is 13.5. The van der Waals surface area contributed by atoms with Gasteiger partial charge in [0.05, 0.1) is 30.6 Å². The van der Waals surface area contributed by atoms with Crippen molar-refractivity contribution in [1.82, 2.24) is 0 Å². The Bertz CT molecular complexity index is 1200. The van der Waals surface area contributed by atoms with Crippen molar-refractivity contribution >= 4 is 29.0 Å². The number of ether oxygens (including phenoxy) is 2. The zero-order chi connectivity index (χ0) is 24.9. The third-order valence-corrected chi connectivity index (χ3v) is 9.07. The van der Waals surface area contributed by atoms with Gasteiger partial charge in [0, 0.05) is 36.4 Å². The Morgan fingerprint density at radius 1 is 1.17 bits per heavy atom. The van der Waals surface area contributed by atoms with Crippen molar-refractivity contribution in [2.45, 2.75) is 56.5 Å². The van der Waals surface area contributed by atoms with Crippen molar-refractivity contribution in [2.24, 2.45) is 11.8 Å². The third-order valence-electron chi connectivity index (χ3n) is 8.83. The maximum absolute atomic E-state index is 12.1. The number of hydrogen-bond donors (Lipinski definition) is 1. The van der Waals surface area contributed by atoms with Crippen LogP contribution in [0.2, 0.25) is 5.02 Å². The number of carbonyl (C=O) groups excluding carboxylic acids is 1. The second kappa shape index (κ2) is 9.38. The zero-order valence-electron chi connectivity index (χ0n) is 20.4. The summed E-state index contributed by atoms with van der Waals surface area (Å²) in [6.07, 6.45) is 6.27. The molecule has 0 amide bonds. The SMILES string of the molecule is O=C1CCO[C@H](C2CCC2CN2CC3(CCCc4cc(Cl)ccc43)COc3ccc(C(=O)O)cc32)C1. The molecule has 0 aromatic heterocycles. The minimum Gasteiger partial charge on any atom is -0.490 e. The van der Waals surface area contributed by atoms with Gasteiger partial charge in [0.25, 0.3) is 0 Å². The van der Waals surface area contributed by atoms with Crippen LogP contribution in [0.25, 0.3) is 0 Å². The smallest absolute Gasteiger partial charge is 0.335 e. The van der Waals surface area contributed by atoms with Crippen LogP contribution in [-0.2, 0) is 21.4 Å². The summed E-state index contributed by atoms with van der Waals surface area (Å²) in [5, 5.41) is 10.5. The number of carbonyl (C=O) groups is 2. The van der Waals surface area contributed by atoms with E-state index in [0.29, 0.717) is 43.7 Å². The molecule has 3 unspecified atom stereocenters. The lowest BCUT2D eigenvalue weighted by Gasteiger charge is -2.47. The first kappa shape index (κ1) is 23.8. The molecule has 6 rings (SSSR count). The van der Waals surface area contributed by atoms with E-state index in [9.17, 15) is 14.7 Å². The fourth-order valence-corrected chi connectivity index (χ4v) is 7.02. The van der Waals surface area contributed by atoms with Crippen LogP contribution >= 0.6 is 11.6 Å². The van der Waals surface area contributed by atoms with Gasteiger partial charge in [0.15, 0.2) is 0 Å². The number of Topliss-reactive ketones (excluding diaryl/α,β-unsaturated/α-hetero) is 1. The van der Waals surface area contributed by atoms with E-state index in [2.05, 4.69) is 17.0 Å². The number of aromatic carboxylic acids is 1. The number of nitrogens with zero attached hydrogens (tertiary/aromatic N) is 1. The summed E-state index contributed by atoms with van der Waals surface area (Å²) >= 11 is 6.35. The van der Waals surface area contributed by atoms with Crippen molar-refractivity contribution in [1.29, 1.82) is 0 Å². The van der Waals surface area contributed by atoms with E-state index < -0.39 is 5.97 Å². The van der Waals surface area contributed by atoms with Gasteiger partial charge in [0.2, 0.25) is 0 Å². The highest BCUT2D eigenvalue weighted by molar-refractivity contribution is 6.30. The molecule has 6 nitrogen and oxygen atoms in total. The molecular formula is C29H32ClNO5. The summed E-state index contributed by atoms with van der Waals surface area (Å²) in [6, 6.07) is 11.4. The lowest BCUT2D eigenvalue weighted by molar-refractivity contribution is -0.135. The average molecular weight is 510 g/mol. The molecule has 0 radical (unpaired) electrons. The van der Waals surface area contributed by atoms with Gasteiger partial charge in [-0.2, -0.15) is 0 Å². The van der Waals surface area contributed by atoms with Gasteiger partial charge in [-0.05, 0) is 85.4 Å². The minimum atomic E-state index is -0.940. The lowest BCUT2D eigenvalue weighted by Crippen LogP contribution is -2.50. The molecule has 0 bridgehead atoms. The molecular weight excluding hydrogens is 478 g/mol. The highest BCUT2D eigenvalue weighted by atomic mass is 35.5. The van der Waals surface area contributed by atoms with E-state index in [-0.39, 0.29) is 17.1 Å². The molecule has 1 saturated heterocycles. The highest BCUT2D eigenvalue weighted by Gasteiger charge is 2.45. The fraction of sp³-hybridized carbons (Fsp3) is 0.517. The van der Waals surface area contributed by atoms with Crippen LogP contribution in [0.15, 0.2) is 36.4 Å². The van der Waals surface area contributed by atoms with E-state index in [4.69, 9.17) is 21.1 Å². The Kier molecular flexibility index (Phi) is 6.21. The monoisotopic (exact) mass is 509 g/mol. The molecule has 1 spiro atoms. The Hall–Kier alpha value is -2.57. The molecule has 7 heteroatoms. The molecule has 1 saturated carbocycles. The molecule has 4 atom stereocenters. The van der Waals surface area contributed by atoms with Crippen molar-refractivity contribution in [3.8, 4) is 5.75 Å². The predicted molar refractivity (Wildman–Crippen MR) is 137 cm³/mol. The molecule has 2 heterocycles. The van der Waals surface area contributed by atoms with Gasteiger partial charge in [-0.15, -0.1) is 0 Å². The zero-order valence-corrected chi connectivity index (χ0v) is 21.1. The largest absolute Gasteiger partial charge is 0.490 e. The van der Waals surface area contributed by atoms with E-state index in [0.717, 1.165) is 61.7 Å². The second-order valence-corrected chi connectivity index (χ2v) is 11.4. The van der Waals surface area contributed by atoms with Gasteiger partial charge in [-0.3, -0.25) is 4.79 Å². The Morgan fingerprint density at radius 3 is 2.83 bits per heavy atom. The summed E-state index contributed by atoms with van der Waals surface area (Å²) < 4.78 is 12.5. The molecule has 2 aromatic carbocycles. The first-order valence-electron chi connectivity index (χ1n) is 13.1. The van der Waals surface area contributed by atoms with Gasteiger partial charge in [0.1, 0.15) is 11.5 Å². The molecule has 190 valence electrons. The summed E-state index contributed by atoms with van der Waals surface area (Å²) in [5.74, 6) is 0.847. The number of carboxylic acid groups (broad SMARTS) is 1. The molecule has 36 heavy (non-hydrogen) atoms. The maximum atomic E-state index is 12.1. The van der Waals surface area contributed by atoms with E-state index in [1.807, 2.05) is 6.07 Å². The third kappa shape index (κ3) is 4.28. The van der Waals surface area contributed by atoms with Crippen molar-refractivity contribution < 1.29 is 24.2 Å². The second-order valence-electron chi connectivity index (χ2n) is 11.0. The molecule has 2 aliphatic carbocycles. The van der Waals surface area contributed by atoms with Crippen molar-refractivity contribution in [3.05, 3.63) is 58.1 Å². The molecule has 2 aliphatic heterocycles. The number of benzene rings is 2. The first-order chi connectivity index (χ1) is 17.4. The maximum Gasteiger partial charge on any atom is 0.335 e. The number of hydrogen-bond acceptors (Lipinski definition) is 5. The van der Waals surface area contributed by atoms with Crippen LogP contribution in [-0.4, -0.2) is 49.3 Å². The predicted octanol–water partition coefficient (Wildman–Crippen LogP) is 5.29. The Balaban J connectivity index is 1.35. The quantitative estimate of drug-likeness (QED) is 0.604. The number of carboxylic acids is 1. The minimum absolute atomic E-state index is 0.00422. The van der Waals surface area contributed by atoms with E-state index in [1.165, 1.54) is 11.1 Å². The Labute approximate surface area is 216 Å². The normalized spacial score (nSPS) is 29.5. The van der Waals surface area contributed by atoms with Crippen molar-refractivity contribution in [3.63, 3.8) is 0 Å². The fourth-order valence-electron chi connectivity index (χ4n) is 6.83. The van der Waals surface area contributed by atoms with Gasteiger partial charge >= 0.3 is 5.97 Å². The van der Waals surface area contributed by atoms with Crippen LogP contribution in [0.1, 0.15) is 60.0 Å². The number of anilines is 1. The number of ketones is 1. The Morgan fingerprint density at radius 2 is 2.06 bits per heavy atom. The number of halogens is 1. The van der Waals surface area contributed by atoms with Crippen LogP contribution < -0.4 is 9.64 Å². The summed E-state index contributed by atoms with van der Waals surface area (Å²) in [7, 11) is 0. The summed E-state index contributed by atoms with van der Waals surface area (Å²) in [5.41, 5.74) is 3.49. The van der Waals surface area contributed by atoms with Crippen LogP contribution in [0.4, 0.5) is 5.69 Å². The molecule has 1 N–H and O–H groups in total. The molecule has 4 aliphatic rings. The standard InChI is InChI=1S/C29H32ClNO5/c30-21-5-7-24-18(12-21)2-1-10-29(24)16-31(25-13-19(28(33)34)4-8-26(25)36-17-29)15-20-3-6-23(20)27-14-22(32)9-11-35-27/h4-5,7-8,12-13,20,23,27H,1-3,6,9-11,14-17H2,(H,33,34)/t20?,23?,27-,29?/m0/s1. The average Bonchev–Trinajstić information content (AvgIpc) is 2.99. The number of aryl methyl sites for hydroxylation is 1. The van der Waals surface area contributed by atoms with Crippen LogP contribution in [0.5, 0.6) is 5.75 Å². The van der Waals surface area contributed by atoms with Gasteiger partial charge in [-0.25, -0.2) is 4.79 Å². The van der Waals surface area contributed by atoms with E-state index in [1.54, 1.807) is 18.2 Å². The molecule has 2 aromatic rings. The van der Waals surface area contributed by atoms with Crippen LogP contribution in [0, 0.1) is 11.8 Å². The van der Waals surface area contributed by atoms with Gasteiger partial charge < -0.3 is 19.5 Å². The molecule has 2 fully saturated rings. The van der Waals surface area contributed by atoms with Crippen molar-refractivity contribution in [2.75, 3.05) is 31.2 Å². The van der Waals surface area contributed by atoms with Gasteiger partial charge in [-0.1, -0.05) is 17.7 Å². The lowest BCUT2D eigenvalue weighted by atomic mass is 9.67. The van der Waals surface area contributed by atoms with E-state index >= 15 is 0 Å². The number of rotatable bonds is 4. The topological polar surface area (TPSA) is 76.1 Å².